The Balaban J connectivity index is 2.61. The van der Waals surface area contributed by atoms with Crippen molar-refractivity contribution < 1.29 is 54.1 Å². The topological polar surface area (TPSA) is 48.0 Å². The van der Waals surface area contributed by atoms with E-state index in [1.54, 1.807) is 4.90 Å². The fourth-order valence-corrected chi connectivity index (χ4v) is 2.08. The van der Waals surface area contributed by atoms with Gasteiger partial charge in [-0.15, -0.1) is 0 Å². The Morgan fingerprint density at radius 2 is 1.65 bits per heavy atom. The van der Waals surface area contributed by atoms with Gasteiger partial charge in [-0.25, -0.2) is 8.78 Å². The Bertz CT molecular complexity index is 446. The molecule has 0 radical (unpaired) electrons. The van der Waals surface area contributed by atoms with Gasteiger partial charge >= 0.3 is 24.2 Å². The molecular formula is C13H17F8NO4. The van der Waals surface area contributed by atoms with Crippen molar-refractivity contribution in [2.75, 3.05) is 46.1 Å². The molecular weight excluding hydrogens is 386 g/mol. The van der Waals surface area contributed by atoms with Gasteiger partial charge in [0.1, 0.15) is 12.7 Å². The van der Waals surface area contributed by atoms with Crippen LogP contribution in [0.4, 0.5) is 35.1 Å². The maximum absolute atomic E-state index is 13.3. The molecule has 1 heterocycles. The first-order valence-electron chi connectivity index (χ1n) is 7.34. The molecule has 1 fully saturated rings. The molecule has 1 saturated heterocycles. The average molecular weight is 403 g/mol. The van der Waals surface area contributed by atoms with E-state index in [1.807, 2.05) is 0 Å². The third-order valence-corrected chi connectivity index (χ3v) is 3.55. The number of rotatable bonds is 11. The molecule has 0 aromatic heterocycles. The van der Waals surface area contributed by atoms with E-state index in [1.165, 1.54) is 0 Å². The van der Waals surface area contributed by atoms with E-state index < -0.39 is 43.5 Å². The summed E-state index contributed by atoms with van der Waals surface area (Å²) >= 11 is 0. The minimum Gasteiger partial charge on any atom is -0.461 e. The number of halogens is 8. The molecule has 154 valence electrons. The quantitative estimate of drug-likeness (QED) is 0.391. The van der Waals surface area contributed by atoms with Gasteiger partial charge in [0.2, 0.25) is 0 Å². The Morgan fingerprint density at radius 3 is 2.15 bits per heavy atom. The van der Waals surface area contributed by atoms with Crippen LogP contribution in [0.3, 0.4) is 0 Å². The molecule has 0 amide bonds. The van der Waals surface area contributed by atoms with E-state index in [4.69, 9.17) is 4.74 Å². The van der Waals surface area contributed by atoms with Crippen molar-refractivity contribution in [3.05, 3.63) is 0 Å². The zero-order valence-electron chi connectivity index (χ0n) is 13.3. The van der Waals surface area contributed by atoms with Crippen LogP contribution in [0.5, 0.6) is 0 Å². The smallest absolute Gasteiger partial charge is 0.380 e. The summed E-state index contributed by atoms with van der Waals surface area (Å²) in [6.07, 6.45) is -6.14. The summed E-state index contributed by atoms with van der Waals surface area (Å²) in [5, 5.41) is 0. The number of nitrogens with zero attached hydrogens (tertiary/aromatic N) is 1. The summed E-state index contributed by atoms with van der Waals surface area (Å²) < 4.78 is 116. The highest BCUT2D eigenvalue weighted by Gasteiger charge is 2.75. The van der Waals surface area contributed by atoms with Gasteiger partial charge in [-0.3, -0.25) is 9.69 Å². The number of hydrogen-bond donors (Lipinski definition) is 0. The third-order valence-electron chi connectivity index (χ3n) is 3.55. The zero-order valence-corrected chi connectivity index (χ0v) is 13.3. The van der Waals surface area contributed by atoms with Gasteiger partial charge in [-0.1, -0.05) is 0 Å². The van der Waals surface area contributed by atoms with E-state index >= 15 is 0 Å². The lowest BCUT2D eigenvalue weighted by atomic mass is 10.1. The number of alkyl halides is 8. The SMILES string of the molecule is O=COC(COCC(F)(F)C(F)(F)C(F)(F)C(F)F)CN1CCOCC1. The van der Waals surface area contributed by atoms with Gasteiger partial charge in [-0.2, -0.15) is 26.3 Å². The van der Waals surface area contributed by atoms with E-state index in [-0.39, 0.29) is 13.0 Å². The lowest BCUT2D eigenvalue weighted by Crippen LogP contribution is -2.59. The Morgan fingerprint density at radius 1 is 1.08 bits per heavy atom. The van der Waals surface area contributed by atoms with Gasteiger partial charge in [0.05, 0.1) is 19.8 Å². The standard InChI is InChI=1S/C13H17F8NO4/c14-10(15)12(18,19)13(20,21)11(16,17)7-25-6-9(26-8-23)5-22-1-3-24-4-2-22/h8-10H,1-7H2. The predicted molar refractivity (Wildman–Crippen MR) is 69.9 cm³/mol. The molecule has 0 aromatic carbocycles. The van der Waals surface area contributed by atoms with Crippen LogP contribution in [-0.4, -0.2) is 87.7 Å². The highest BCUT2D eigenvalue weighted by Crippen LogP contribution is 2.48. The molecule has 13 heteroatoms. The normalized spacial score (nSPS) is 18.8. The maximum Gasteiger partial charge on any atom is 0.380 e. The van der Waals surface area contributed by atoms with Crippen LogP contribution >= 0.6 is 0 Å². The van der Waals surface area contributed by atoms with Crippen molar-refractivity contribution in [2.24, 2.45) is 0 Å². The van der Waals surface area contributed by atoms with Crippen LogP contribution in [0.15, 0.2) is 0 Å². The summed E-state index contributed by atoms with van der Waals surface area (Å²) in [5.41, 5.74) is 0. The Labute approximate surface area is 143 Å². The monoisotopic (exact) mass is 403 g/mol. The molecule has 0 spiro atoms. The van der Waals surface area contributed by atoms with Crippen molar-refractivity contribution in [1.82, 2.24) is 4.90 Å². The molecule has 0 bridgehead atoms. The molecule has 26 heavy (non-hydrogen) atoms. The van der Waals surface area contributed by atoms with Crippen molar-refractivity contribution in [1.29, 1.82) is 0 Å². The van der Waals surface area contributed by atoms with E-state index in [2.05, 4.69) is 9.47 Å². The number of carbonyl (C=O) groups excluding carboxylic acids is 1. The summed E-state index contributed by atoms with van der Waals surface area (Å²) in [6.45, 7) is -1.53. The number of morpholine rings is 1. The fourth-order valence-electron chi connectivity index (χ4n) is 2.08. The highest BCUT2D eigenvalue weighted by molar-refractivity contribution is 5.37. The summed E-state index contributed by atoms with van der Waals surface area (Å²) in [6, 6.07) is 0. The minimum absolute atomic E-state index is 0.00272. The molecule has 0 aromatic rings. The first kappa shape index (κ1) is 22.8. The van der Waals surface area contributed by atoms with Crippen molar-refractivity contribution >= 4 is 6.47 Å². The first-order chi connectivity index (χ1) is 12.0. The second kappa shape index (κ2) is 9.13. The average Bonchev–Trinajstić information content (AvgIpc) is 2.55. The lowest BCUT2D eigenvalue weighted by Gasteiger charge is -2.32. The number of hydrogen-bond acceptors (Lipinski definition) is 5. The number of ether oxygens (including phenoxy) is 3. The largest absolute Gasteiger partial charge is 0.461 e. The molecule has 1 aliphatic rings. The molecule has 5 nitrogen and oxygen atoms in total. The molecule has 1 atom stereocenters. The predicted octanol–water partition coefficient (Wildman–Crippen LogP) is 2.05. The zero-order chi connectivity index (χ0) is 20.0. The van der Waals surface area contributed by atoms with Crippen LogP contribution in [-0.2, 0) is 19.0 Å². The third kappa shape index (κ3) is 5.39. The fraction of sp³-hybridized carbons (Fsp3) is 0.923. The Hall–Kier alpha value is -1.21. The van der Waals surface area contributed by atoms with Crippen LogP contribution in [0.25, 0.3) is 0 Å². The van der Waals surface area contributed by atoms with Gasteiger partial charge in [0.25, 0.3) is 6.47 Å². The lowest BCUT2D eigenvalue weighted by molar-refractivity contribution is -0.346. The first-order valence-corrected chi connectivity index (χ1v) is 7.34. The summed E-state index contributed by atoms with van der Waals surface area (Å²) in [5.74, 6) is -18.1. The molecule has 1 aliphatic heterocycles. The molecule has 0 aliphatic carbocycles. The van der Waals surface area contributed by atoms with Gasteiger partial charge in [0, 0.05) is 19.6 Å². The van der Waals surface area contributed by atoms with E-state index in [0.717, 1.165) is 0 Å². The number of carbonyl (C=O) groups is 1. The van der Waals surface area contributed by atoms with Crippen LogP contribution in [0.2, 0.25) is 0 Å². The van der Waals surface area contributed by atoms with E-state index in [0.29, 0.717) is 26.3 Å². The van der Waals surface area contributed by atoms with Gasteiger partial charge in [0.15, 0.2) is 0 Å². The van der Waals surface area contributed by atoms with Crippen LogP contribution < -0.4 is 0 Å². The van der Waals surface area contributed by atoms with Gasteiger partial charge < -0.3 is 14.2 Å². The van der Waals surface area contributed by atoms with Gasteiger partial charge in [-0.05, 0) is 0 Å². The van der Waals surface area contributed by atoms with Crippen LogP contribution in [0.1, 0.15) is 0 Å². The molecule has 0 saturated carbocycles. The summed E-state index contributed by atoms with van der Waals surface area (Å²) in [7, 11) is 0. The molecule has 0 N–H and O–H groups in total. The highest BCUT2D eigenvalue weighted by atomic mass is 19.4. The Kier molecular flexibility index (Phi) is 8.02. The summed E-state index contributed by atoms with van der Waals surface area (Å²) in [4.78, 5) is 12.1. The van der Waals surface area contributed by atoms with E-state index in [9.17, 15) is 39.9 Å². The molecule has 1 rings (SSSR count). The van der Waals surface area contributed by atoms with Crippen molar-refractivity contribution in [3.63, 3.8) is 0 Å². The van der Waals surface area contributed by atoms with Crippen molar-refractivity contribution in [2.45, 2.75) is 30.3 Å². The second-order valence-electron chi connectivity index (χ2n) is 5.48. The molecule has 1 unspecified atom stereocenters. The minimum atomic E-state index is -6.33. The maximum atomic E-state index is 13.3. The van der Waals surface area contributed by atoms with Crippen LogP contribution in [0, 0.1) is 0 Å². The van der Waals surface area contributed by atoms with Crippen molar-refractivity contribution in [3.8, 4) is 0 Å². The second-order valence-corrected chi connectivity index (χ2v) is 5.48.